The Morgan fingerprint density at radius 2 is 1.89 bits per heavy atom. The van der Waals surface area contributed by atoms with Gasteiger partial charge < -0.3 is 0 Å². The molecule has 0 spiro atoms. The monoisotopic (exact) mass is 347 g/mol. The third-order valence-electron chi connectivity index (χ3n) is 3.60. The van der Waals surface area contributed by atoms with Gasteiger partial charge >= 0.3 is 0 Å². The molecule has 3 nitrogen and oxygen atoms in total. The first kappa shape index (κ1) is 16.7. The van der Waals surface area contributed by atoms with Crippen LogP contribution in [0.5, 0.6) is 0 Å². The van der Waals surface area contributed by atoms with Crippen molar-refractivity contribution >= 4 is 26.0 Å². The van der Waals surface area contributed by atoms with E-state index in [1.54, 1.807) is 12.1 Å². The summed E-state index contributed by atoms with van der Waals surface area (Å²) in [6.45, 7) is 7.82. The summed E-state index contributed by atoms with van der Waals surface area (Å²) in [4.78, 5) is 0.338. The fourth-order valence-electron chi connectivity index (χ4n) is 1.77. The molecule has 0 aliphatic carbocycles. The van der Waals surface area contributed by atoms with Crippen LogP contribution in [0.4, 0.5) is 0 Å². The van der Waals surface area contributed by atoms with E-state index in [9.17, 15) is 8.42 Å². The number of aryl methyl sites for hydroxylation is 2. The smallest absolute Gasteiger partial charge is 0.207 e. The van der Waals surface area contributed by atoms with Gasteiger partial charge in [0.15, 0.2) is 0 Å². The van der Waals surface area contributed by atoms with E-state index in [1.165, 1.54) is 0 Å². The number of benzene rings is 1. The zero-order valence-corrected chi connectivity index (χ0v) is 14.4. The summed E-state index contributed by atoms with van der Waals surface area (Å²) in [6.07, 6.45) is 1.51. The van der Waals surface area contributed by atoms with Crippen molar-refractivity contribution < 1.29 is 8.42 Å². The van der Waals surface area contributed by atoms with Crippen molar-refractivity contribution in [2.75, 3.05) is 5.33 Å². The molecule has 1 atom stereocenters. The van der Waals surface area contributed by atoms with Crippen molar-refractivity contribution in [3.8, 4) is 0 Å². The molecule has 0 fully saturated rings. The van der Waals surface area contributed by atoms with Crippen LogP contribution in [0.1, 0.15) is 37.8 Å². The number of rotatable bonds is 6. The second-order valence-corrected chi connectivity index (χ2v) is 7.68. The zero-order valence-electron chi connectivity index (χ0n) is 12.0. The maximum atomic E-state index is 12.4. The van der Waals surface area contributed by atoms with Gasteiger partial charge in [0.1, 0.15) is 0 Å². The fraction of sp³-hybridized carbons (Fsp3) is 0.571. The normalized spacial score (nSPS) is 15.2. The predicted molar refractivity (Wildman–Crippen MR) is 83.3 cm³/mol. The molecule has 19 heavy (non-hydrogen) atoms. The summed E-state index contributed by atoms with van der Waals surface area (Å²) >= 11 is 3.38. The molecule has 108 valence electrons. The molecule has 0 bridgehead atoms. The molecule has 5 heteroatoms. The fourth-order valence-corrected chi connectivity index (χ4v) is 4.24. The molecule has 0 aliphatic rings. The average molecular weight is 348 g/mol. The molecular formula is C14H22BrNO2S. The van der Waals surface area contributed by atoms with E-state index in [1.807, 2.05) is 33.8 Å². The van der Waals surface area contributed by atoms with Gasteiger partial charge in [-0.15, -0.1) is 0 Å². The van der Waals surface area contributed by atoms with Gasteiger partial charge in [0.05, 0.1) is 4.90 Å². The highest BCUT2D eigenvalue weighted by atomic mass is 79.9. The van der Waals surface area contributed by atoms with E-state index in [4.69, 9.17) is 0 Å². The van der Waals surface area contributed by atoms with E-state index in [-0.39, 0.29) is 0 Å². The minimum Gasteiger partial charge on any atom is -0.207 e. The molecular weight excluding hydrogens is 326 g/mol. The van der Waals surface area contributed by atoms with Gasteiger partial charge in [-0.3, -0.25) is 0 Å². The Morgan fingerprint density at radius 3 is 2.37 bits per heavy atom. The lowest BCUT2D eigenvalue weighted by molar-refractivity contribution is 0.392. The van der Waals surface area contributed by atoms with Crippen molar-refractivity contribution in [3.05, 3.63) is 29.3 Å². The van der Waals surface area contributed by atoms with E-state index in [2.05, 4.69) is 20.7 Å². The lowest BCUT2D eigenvalue weighted by atomic mass is 9.98. The molecule has 1 rings (SSSR count). The summed E-state index contributed by atoms with van der Waals surface area (Å²) < 4.78 is 27.7. The molecule has 1 unspecified atom stereocenters. The molecule has 1 aromatic carbocycles. The van der Waals surface area contributed by atoms with E-state index >= 15 is 0 Å². The second-order valence-electron chi connectivity index (χ2n) is 5.20. The second kappa shape index (κ2) is 6.37. The molecule has 0 aromatic heterocycles. The Bertz CT molecular complexity index is 542. The van der Waals surface area contributed by atoms with Crippen LogP contribution in [0.3, 0.4) is 0 Å². The summed E-state index contributed by atoms with van der Waals surface area (Å²) in [5.41, 5.74) is 1.67. The number of alkyl halides is 1. The molecule has 0 amide bonds. The van der Waals surface area contributed by atoms with Crippen molar-refractivity contribution in [1.29, 1.82) is 0 Å². The first-order chi connectivity index (χ1) is 8.74. The number of halogens is 1. The Labute approximate surface area is 125 Å². The molecule has 1 N–H and O–H groups in total. The van der Waals surface area contributed by atoms with Gasteiger partial charge in [0, 0.05) is 10.9 Å². The minimum absolute atomic E-state index is 0.338. The van der Waals surface area contributed by atoms with Gasteiger partial charge in [-0.1, -0.05) is 28.9 Å². The van der Waals surface area contributed by atoms with Crippen molar-refractivity contribution in [2.24, 2.45) is 0 Å². The third-order valence-corrected chi connectivity index (χ3v) is 5.63. The maximum Gasteiger partial charge on any atom is 0.241 e. The van der Waals surface area contributed by atoms with Crippen LogP contribution in [0, 0.1) is 13.8 Å². The maximum absolute atomic E-state index is 12.4. The van der Waals surface area contributed by atoms with Crippen LogP contribution in [-0.4, -0.2) is 19.3 Å². The van der Waals surface area contributed by atoms with Crippen LogP contribution in [0.15, 0.2) is 23.1 Å². The van der Waals surface area contributed by atoms with Crippen molar-refractivity contribution in [1.82, 2.24) is 4.72 Å². The number of hydrogen-bond donors (Lipinski definition) is 1. The Kier molecular flexibility index (Phi) is 5.59. The lowest BCUT2D eigenvalue weighted by Gasteiger charge is -2.28. The van der Waals surface area contributed by atoms with Gasteiger partial charge in [0.2, 0.25) is 10.0 Å². The first-order valence-electron chi connectivity index (χ1n) is 6.41. The molecule has 0 heterocycles. The summed E-state index contributed by atoms with van der Waals surface area (Å²) in [5, 5.41) is 0.771. The van der Waals surface area contributed by atoms with Gasteiger partial charge in [-0.2, -0.15) is 0 Å². The van der Waals surface area contributed by atoms with Crippen LogP contribution in [-0.2, 0) is 10.0 Å². The topological polar surface area (TPSA) is 46.2 Å². The van der Waals surface area contributed by atoms with E-state index in [0.717, 1.165) is 29.3 Å². The lowest BCUT2D eigenvalue weighted by Crippen LogP contribution is -2.45. The van der Waals surface area contributed by atoms with Crippen LogP contribution in [0.25, 0.3) is 0 Å². The summed E-state index contributed by atoms with van der Waals surface area (Å²) in [7, 11) is -3.46. The third kappa shape index (κ3) is 4.29. The number of nitrogens with one attached hydrogen (secondary N) is 1. The van der Waals surface area contributed by atoms with Gasteiger partial charge in [-0.25, -0.2) is 13.1 Å². The number of hydrogen-bond acceptors (Lipinski definition) is 2. The van der Waals surface area contributed by atoms with E-state index < -0.39 is 15.6 Å². The van der Waals surface area contributed by atoms with Gasteiger partial charge in [-0.05, 0) is 56.9 Å². The molecule has 1 aromatic rings. The summed E-state index contributed by atoms with van der Waals surface area (Å²) in [6, 6.07) is 5.23. The Balaban J connectivity index is 3.07. The highest BCUT2D eigenvalue weighted by molar-refractivity contribution is 9.09. The molecule has 0 saturated carbocycles. The SMILES string of the molecule is CCC(C)(CCBr)NS(=O)(=O)c1ccc(C)c(C)c1. The van der Waals surface area contributed by atoms with E-state index in [0.29, 0.717) is 4.90 Å². The number of sulfonamides is 1. The summed E-state index contributed by atoms with van der Waals surface area (Å²) in [5.74, 6) is 0. The molecule has 0 radical (unpaired) electrons. The van der Waals surface area contributed by atoms with Crippen molar-refractivity contribution in [3.63, 3.8) is 0 Å². The van der Waals surface area contributed by atoms with Gasteiger partial charge in [0.25, 0.3) is 0 Å². The molecule has 0 aliphatic heterocycles. The standard InChI is InChI=1S/C14H22BrNO2S/c1-5-14(4,8-9-15)16-19(17,18)13-7-6-11(2)12(3)10-13/h6-7,10,16H,5,8-9H2,1-4H3. The molecule has 0 saturated heterocycles. The van der Waals surface area contributed by atoms with Crippen LogP contribution >= 0.6 is 15.9 Å². The highest BCUT2D eigenvalue weighted by Crippen LogP contribution is 2.21. The average Bonchev–Trinajstić information content (AvgIpc) is 2.32. The first-order valence-corrected chi connectivity index (χ1v) is 9.02. The highest BCUT2D eigenvalue weighted by Gasteiger charge is 2.28. The predicted octanol–water partition coefficient (Wildman–Crippen LogP) is 3.54. The largest absolute Gasteiger partial charge is 0.241 e. The minimum atomic E-state index is -3.46. The Hall–Kier alpha value is -0.390. The quantitative estimate of drug-likeness (QED) is 0.800. The zero-order chi connectivity index (χ0) is 14.7. The van der Waals surface area contributed by atoms with Crippen LogP contribution < -0.4 is 4.72 Å². The van der Waals surface area contributed by atoms with Crippen molar-refractivity contribution in [2.45, 2.75) is 51.0 Å². The Morgan fingerprint density at radius 1 is 1.26 bits per heavy atom. The van der Waals surface area contributed by atoms with Crippen LogP contribution in [0.2, 0.25) is 0 Å².